The van der Waals surface area contributed by atoms with Crippen LogP contribution < -0.4 is 0 Å². The molecule has 0 saturated heterocycles. The predicted molar refractivity (Wildman–Crippen MR) is 63.6 cm³/mol. The van der Waals surface area contributed by atoms with Gasteiger partial charge < -0.3 is 14.6 Å². The van der Waals surface area contributed by atoms with E-state index in [9.17, 15) is 18.3 Å². The molecule has 0 saturated carbocycles. The van der Waals surface area contributed by atoms with E-state index in [0.717, 1.165) is 12.1 Å². The van der Waals surface area contributed by atoms with E-state index in [-0.39, 0.29) is 6.42 Å². The Morgan fingerprint density at radius 3 is 1.95 bits per heavy atom. The van der Waals surface area contributed by atoms with Crippen LogP contribution in [0.25, 0.3) is 0 Å². The van der Waals surface area contributed by atoms with Crippen LogP contribution in [0.2, 0.25) is 0 Å². The summed E-state index contributed by atoms with van der Waals surface area (Å²) in [6.07, 6.45) is -5.09. The van der Waals surface area contributed by atoms with Gasteiger partial charge in [0.25, 0.3) is 0 Å². The monoisotopic (exact) mass is 278 g/mol. The zero-order valence-corrected chi connectivity index (χ0v) is 11.0. The van der Waals surface area contributed by atoms with Crippen LogP contribution in [0.4, 0.5) is 13.2 Å². The van der Waals surface area contributed by atoms with E-state index in [1.165, 1.54) is 33.3 Å². The van der Waals surface area contributed by atoms with Gasteiger partial charge in [-0.1, -0.05) is 12.1 Å². The molecule has 0 radical (unpaired) electrons. The predicted octanol–water partition coefficient (Wildman–Crippen LogP) is 2.62. The van der Waals surface area contributed by atoms with Gasteiger partial charge in [-0.15, -0.1) is 0 Å². The first-order valence-electron chi connectivity index (χ1n) is 5.65. The fraction of sp³-hybridized carbons (Fsp3) is 0.538. The lowest BCUT2D eigenvalue weighted by Crippen LogP contribution is -2.43. The number of aliphatic hydroxyl groups is 1. The number of benzene rings is 1. The van der Waals surface area contributed by atoms with Gasteiger partial charge in [0.05, 0.1) is 5.56 Å². The smallest absolute Gasteiger partial charge is 0.385 e. The summed E-state index contributed by atoms with van der Waals surface area (Å²) in [5.41, 5.74) is -1.48. The van der Waals surface area contributed by atoms with Gasteiger partial charge in [0.1, 0.15) is 5.60 Å². The number of hydrogen-bond donors (Lipinski definition) is 1. The van der Waals surface area contributed by atoms with Crippen molar-refractivity contribution in [2.75, 3.05) is 14.2 Å². The molecule has 108 valence electrons. The highest BCUT2D eigenvalue weighted by Crippen LogP contribution is 2.30. The van der Waals surface area contributed by atoms with Gasteiger partial charge in [-0.2, -0.15) is 13.2 Å². The lowest BCUT2D eigenvalue weighted by atomic mass is 9.95. The Balaban J connectivity index is 2.83. The van der Waals surface area contributed by atoms with Crippen molar-refractivity contribution in [1.29, 1.82) is 0 Å². The molecule has 1 aromatic carbocycles. The van der Waals surface area contributed by atoms with Gasteiger partial charge in [-0.3, -0.25) is 0 Å². The van der Waals surface area contributed by atoms with Crippen molar-refractivity contribution in [3.63, 3.8) is 0 Å². The minimum atomic E-state index is -4.36. The molecule has 0 spiro atoms. The topological polar surface area (TPSA) is 38.7 Å². The van der Waals surface area contributed by atoms with Gasteiger partial charge in [0.2, 0.25) is 0 Å². The van der Waals surface area contributed by atoms with Crippen LogP contribution in [0, 0.1) is 0 Å². The Bertz CT molecular complexity index is 395. The van der Waals surface area contributed by atoms with Crippen molar-refractivity contribution >= 4 is 0 Å². The van der Waals surface area contributed by atoms with Gasteiger partial charge in [-0.25, -0.2) is 0 Å². The van der Waals surface area contributed by atoms with Crippen molar-refractivity contribution < 1.29 is 27.8 Å². The molecule has 0 aliphatic carbocycles. The molecule has 1 atom stereocenters. The Morgan fingerprint density at radius 2 is 1.58 bits per heavy atom. The molecule has 3 nitrogen and oxygen atoms in total. The molecule has 1 unspecified atom stereocenters. The number of ether oxygens (including phenoxy) is 2. The standard InChI is InChI=1S/C13H17F3O3/c1-12(17,11(18-2)19-3)8-9-4-6-10(7-5-9)13(14,15)16/h4-7,11,17H,8H2,1-3H3. The largest absolute Gasteiger partial charge is 0.416 e. The number of hydrogen-bond acceptors (Lipinski definition) is 3. The summed E-state index contributed by atoms with van der Waals surface area (Å²) in [5.74, 6) is 0. The molecule has 6 heteroatoms. The molecular formula is C13H17F3O3. The average Bonchev–Trinajstić information content (AvgIpc) is 2.29. The number of rotatable bonds is 5. The van der Waals surface area contributed by atoms with Gasteiger partial charge in [0, 0.05) is 20.6 Å². The summed E-state index contributed by atoms with van der Waals surface area (Å²) in [6.45, 7) is 1.50. The molecular weight excluding hydrogens is 261 g/mol. The van der Waals surface area contributed by atoms with E-state index in [1.807, 2.05) is 0 Å². The lowest BCUT2D eigenvalue weighted by molar-refractivity contribution is -0.207. The van der Waals surface area contributed by atoms with Crippen LogP contribution in [-0.2, 0) is 22.1 Å². The minimum absolute atomic E-state index is 0.123. The first kappa shape index (κ1) is 15.9. The van der Waals surface area contributed by atoms with Crippen LogP contribution in [0.1, 0.15) is 18.1 Å². The van der Waals surface area contributed by atoms with Gasteiger partial charge in [-0.05, 0) is 24.6 Å². The average molecular weight is 278 g/mol. The van der Waals surface area contributed by atoms with Crippen molar-refractivity contribution in [2.45, 2.75) is 31.4 Å². The normalized spacial score (nSPS) is 15.6. The number of methoxy groups -OCH3 is 2. The van der Waals surface area contributed by atoms with Crippen LogP contribution >= 0.6 is 0 Å². The summed E-state index contributed by atoms with van der Waals surface area (Å²) < 4.78 is 47.1. The van der Waals surface area contributed by atoms with E-state index in [2.05, 4.69) is 0 Å². The second kappa shape index (κ2) is 5.90. The third-order valence-electron chi connectivity index (χ3n) is 2.78. The highest BCUT2D eigenvalue weighted by molar-refractivity contribution is 5.25. The SMILES string of the molecule is COC(OC)C(C)(O)Cc1ccc(C(F)(F)F)cc1. The molecule has 0 amide bonds. The second-order valence-corrected chi connectivity index (χ2v) is 4.53. The van der Waals surface area contributed by atoms with Crippen LogP contribution in [-0.4, -0.2) is 31.2 Å². The first-order chi connectivity index (χ1) is 8.70. The molecule has 1 N–H and O–H groups in total. The van der Waals surface area contributed by atoms with E-state index in [4.69, 9.17) is 9.47 Å². The zero-order chi connectivity index (χ0) is 14.7. The fourth-order valence-corrected chi connectivity index (χ4v) is 1.91. The van der Waals surface area contributed by atoms with E-state index >= 15 is 0 Å². The van der Waals surface area contributed by atoms with Crippen molar-refractivity contribution in [3.05, 3.63) is 35.4 Å². The van der Waals surface area contributed by atoms with E-state index in [1.54, 1.807) is 0 Å². The van der Waals surface area contributed by atoms with Crippen LogP contribution in [0.5, 0.6) is 0 Å². The third-order valence-corrected chi connectivity index (χ3v) is 2.78. The summed E-state index contributed by atoms with van der Waals surface area (Å²) in [6, 6.07) is 4.64. The summed E-state index contributed by atoms with van der Waals surface area (Å²) in [5, 5.41) is 10.2. The zero-order valence-electron chi connectivity index (χ0n) is 11.0. The third kappa shape index (κ3) is 4.19. The van der Waals surface area contributed by atoms with Crippen molar-refractivity contribution in [2.24, 2.45) is 0 Å². The molecule has 1 rings (SSSR count). The number of halogens is 3. The maximum absolute atomic E-state index is 12.4. The van der Waals surface area contributed by atoms with Crippen LogP contribution in [0.15, 0.2) is 24.3 Å². The minimum Gasteiger partial charge on any atom is -0.385 e. The van der Waals surface area contributed by atoms with Crippen LogP contribution in [0.3, 0.4) is 0 Å². The fourth-order valence-electron chi connectivity index (χ4n) is 1.91. The highest BCUT2D eigenvalue weighted by Gasteiger charge is 2.33. The molecule has 1 aromatic rings. The Hall–Kier alpha value is -1.11. The molecule has 0 aliphatic heterocycles. The molecule has 0 fully saturated rings. The Labute approximate surface area is 110 Å². The molecule has 0 bridgehead atoms. The lowest BCUT2D eigenvalue weighted by Gasteiger charge is -2.30. The van der Waals surface area contributed by atoms with Crippen molar-refractivity contribution in [1.82, 2.24) is 0 Å². The maximum atomic E-state index is 12.4. The van der Waals surface area contributed by atoms with E-state index < -0.39 is 23.6 Å². The Morgan fingerprint density at radius 1 is 1.11 bits per heavy atom. The molecule has 0 aliphatic rings. The van der Waals surface area contributed by atoms with Gasteiger partial charge in [0.15, 0.2) is 6.29 Å². The maximum Gasteiger partial charge on any atom is 0.416 e. The molecule has 19 heavy (non-hydrogen) atoms. The Kier molecular flexibility index (Phi) is 4.95. The molecule has 0 heterocycles. The highest BCUT2D eigenvalue weighted by atomic mass is 19.4. The first-order valence-corrected chi connectivity index (χ1v) is 5.65. The summed E-state index contributed by atoms with van der Waals surface area (Å²) >= 11 is 0. The second-order valence-electron chi connectivity index (χ2n) is 4.53. The number of alkyl halides is 3. The molecule has 0 aromatic heterocycles. The summed E-state index contributed by atoms with van der Waals surface area (Å²) in [7, 11) is 2.77. The quantitative estimate of drug-likeness (QED) is 0.841. The van der Waals surface area contributed by atoms with Gasteiger partial charge >= 0.3 is 6.18 Å². The summed E-state index contributed by atoms with van der Waals surface area (Å²) in [4.78, 5) is 0. The van der Waals surface area contributed by atoms with E-state index in [0.29, 0.717) is 5.56 Å². The van der Waals surface area contributed by atoms with Crippen molar-refractivity contribution in [3.8, 4) is 0 Å².